The SMILES string of the molecule is O=C(CC1CCCC1)NC1CCN(CC(=O)NC2CC2)CC1. The molecule has 3 aliphatic rings. The molecule has 0 atom stereocenters. The molecule has 0 unspecified atom stereocenters. The van der Waals surface area contributed by atoms with E-state index >= 15 is 0 Å². The number of nitrogens with zero attached hydrogens (tertiary/aromatic N) is 1. The quantitative estimate of drug-likeness (QED) is 0.780. The van der Waals surface area contributed by atoms with Gasteiger partial charge < -0.3 is 10.6 Å². The molecule has 0 bridgehead atoms. The van der Waals surface area contributed by atoms with Crippen molar-refractivity contribution in [1.29, 1.82) is 0 Å². The summed E-state index contributed by atoms with van der Waals surface area (Å²) in [6.45, 7) is 2.33. The van der Waals surface area contributed by atoms with Crippen LogP contribution in [0.1, 0.15) is 57.8 Å². The highest BCUT2D eigenvalue weighted by atomic mass is 16.2. The van der Waals surface area contributed by atoms with E-state index in [0.29, 0.717) is 31.0 Å². The topological polar surface area (TPSA) is 61.4 Å². The molecule has 2 aliphatic carbocycles. The molecule has 3 rings (SSSR count). The largest absolute Gasteiger partial charge is 0.353 e. The molecule has 5 heteroatoms. The fourth-order valence-electron chi connectivity index (χ4n) is 3.70. The van der Waals surface area contributed by atoms with E-state index in [9.17, 15) is 9.59 Å². The smallest absolute Gasteiger partial charge is 0.234 e. The average Bonchev–Trinajstić information content (AvgIpc) is 3.14. The summed E-state index contributed by atoms with van der Waals surface area (Å²) in [6, 6.07) is 0.747. The van der Waals surface area contributed by atoms with Crippen molar-refractivity contribution in [3.63, 3.8) is 0 Å². The lowest BCUT2D eigenvalue weighted by Crippen LogP contribution is -2.47. The first-order chi connectivity index (χ1) is 10.7. The minimum absolute atomic E-state index is 0.159. The zero-order chi connectivity index (χ0) is 15.4. The Morgan fingerprint density at radius 2 is 1.41 bits per heavy atom. The molecular weight excluding hydrogens is 278 g/mol. The number of amides is 2. The fourth-order valence-corrected chi connectivity index (χ4v) is 3.70. The lowest BCUT2D eigenvalue weighted by Gasteiger charge is -2.32. The molecule has 2 amide bonds. The number of hydrogen-bond acceptors (Lipinski definition) is 3. The van der Waals surface area contributed by atoms with Gasteiger partial charge >= 0.3 is 0 Å². The summed E-state index contributed by atoms with van der Waals surface area (Å²) in [5.74, 6) is 1.01. The Balaban J connectivity index is 1.30. The highest BCUT2D eigenvalue weighted by molar-refractivity contribution is 5.78. The maximum absolute atomic E-state index is 12.1. The summed E-state index contributed by atoms with van der Waals surface area (Å²) in [5.41, 5.74) is 0. The molecule has 5 nitrogen and oxygen atoms in total. The van der Waals surface area contributed by atoms with Crippen molar-refractivity contribution < 1.29 is 9.59 Å². The standard InChI is InChI=1S/C17H29N3O2/c21-16(11-13-3-1-2-4-13)18-15-7-9-20(10-8-15)12-17(22)19-14-5-6-14/h13-15H,1-12H2,(H,18,21)(H,19,22). The minimum atomic E-state index is 0.159. The van der Waals surface area contributed by atoms with Gasteiger partial charge in [0.25, 0.3) is 0 Å². The van der Waals surface area contributed by atoms with Gasteiger partial charge in [-0.05, 0) is 44.4 Å². The summed E-state index contributed by atoms with van der Waals surface area (Å²) in [7, 11) is 0. The molecule has 0 aromatic rings. The van der Waals surface area contributed by atoms with Gasteiger partial charge in [-0.3, -0.25) is 14.5 Å². The van der Waals surface area contributed by atoms with Crippen LogP contribution in [0.25, 0.3) is 0 Å². The average molecular weight is 307 g/mol. The summed E-state index contributed by atoms with van der Waals surface area (Å²) in [6.07, 6.45) is 9.95. The second kappa shape index (κ2) is 7.44. The fraction of sp³-hybridized carbons (Fsp3) is 0.882. The predicted molar refractivity (Wildman–Crippen MR) is 85.3 cm³/mol. The number of hydrogen-bond donors (Lipinski definition) is 2. The van der Waals surface area contributed by atoms with Gasteiger partial charge in [-0.15, -0.1) is 0 Å². The Labute approximate surface area is 133 Å². The van der Waals surface area contributed by atoms with Gasteiger partial charge in [-0.1, -0.05) is 12.8 Å². The van der Waals surface area contributed by atoms with Crippen LogP contribution in [0.5, 0.6) is 0 Å². The van der Waals surface area contributed by atoms with Crippen LogP contribution in [-0.2, 0) is 9.59 Å². The molecule has 1 saturated heterocycles. The van der Waals surface area contributed by atoms with Crippen LogP contribution in [-0.4, -0.2) is 48.4 Å². The summed E-state index contributed by atoms with van der Waals surface area (Å²) >= 11 is 0. The van der Waals surface area contributed by atoms with Crippen molar-refractivity contribution >= 4 is 11.8 Å². The third kappa shape index (κ3) is 4.97. The second-order valence-electron chi connectivity index (χ2n) is 7.31. The van der Waals surface area contributed by atoms with E-state index < -0.39 is 0 Å². The molecule has 0 aromatic carbocycles. The zero-order valence-corrected chi connectivity index (χ0v) is 13.5. The highest BCUT2D eigenvalue weighted by Crippen LogP contribution is 2.27. The van der Waals surface area contributed by atoms with Crippen LogP contribution in [0.3, 0.4) is 0 Å². The molecule has 1 heterocycles. The molecule has 1 aliphatic heterocycles. The van der Waals surface area contributed by atoms with Gasteiger partial charge in [0.05, 0.1) is 6.54 Å². The third-order valence-corrected chi connectivity index (χ3v) is 5.21. The lowest BCUT2D eigenvalue weighted by molar-refractivity contribution is -0.124. The van der Waals surface area contributed by atoms with Gasteiger partial charge in [-0.2, -0.15) is 0 Å². The van der Waals surface area contributed by atoms with E-state index in [4.69, 9.17) is 0 Å². The van der Waals surface area contributed by atoms with Crippen molar-refractivity contribution in [3.8, 4) is 0 Å². The monoisotopic (exact) mass is 307 g/mol. The third-order valence-electron chi connectivity index (χ3n) is 5.21. The van der Waals surface area contributed by atoms with Crippen LogP contribution in [0, 0.1) is 5.92 Å². The van der Waals surface area contributed by atoms with E-state index in [1.165, 1.54) is 25.7 Å². The van der Waals surface area contributed by atoms with Crippen LogP contribution in [0.2, 0.25) is 0 Å². The first kappa shape index (κ1) is 15.8. The second-order valence-corrected chi connectivity index (χ2v) is 7.31. The molecule has 124 valence electrons. The Morgan fingerprint density at radius 1 is 0.818 bits per heavy atom. The molecular formula is C17H29N3O2. The minimum Gasteiger partial charge on any atom is -0.353 e. The Kier molecular flexibility index (Phi) is 5.34. The number of nitrogens with one attached hydrogen (secondary N) is 2. The van der Waals surface area contributed by atoms with Crippen LogP contribution in [0.15, 0.2) is 0 Å². The van der Waals surface area contributed by atoms with E-state index in [1.807, 2.05) is 0 Å². The van der Waals surface area contributed by atoms with Crippen molar-refractivity contribution in [1.82, 2.24) is 15.5 Å². The predicted octanol–water partition coefficient (Wildman–Crippen LogP) is 1.43. The van der Waals surface area contributed by atoms with E-state index in [1.54, 1.807) is 0 Å². The maximum atomic E-state index is 12.1. The van der Waals surface area contributed by atoms with Gasteiger partial charge in [-0.25, -0.2) is 0 Å². The summed E-state index contributed by atoms with van der Waals surface area (Å²) in [4.78, 5) is 26.1. The lowest BCUT2D eigenvalue weighted by atomic mass is 10.0. The number of carbonyl (C=O) groups excluding carboxylic acids is 2. The van der Waals surface area contributed by atoms with E-state index in [-0.39, 0.29) is 11.8 Å². The van der Waals surface area contributed by atoms with Crippen molar-refractivity contribution in [2.24, 2.45) is 5.92 Å². The normalized spacial score (nSPS) is 24.4. The van der Waals surface area contributed by atoms with Crippen LogP contribution < -0.4 is 10.6 Å². The van der Waals surface area contributed by atoms with Gasteiger partial charge in [0, 0.05) is 31.6 Å². The van der Waals surface area contributed by atoms with E-state index in [0.717, 1.165) is 38.8 Å². The van der Waals surface area contributed by atoms with Crippen LogP contribution >= 0.6 is 0 Å². The zero-order valence-electron chi connectivity index (χ0n) is 13.5. The van der Waals surface area contributed by atoms with Crippen molar-refractivity contribution in [2.45, 2.75) is 69.9 Å². The number of rotatable bonds is 6. The Hall–Kier alpha value is -1.10. The van der Waals surface area contributed by atoms with Gasteiger partial charge in [0.15, 0.2) is 0 Å². The first-order valence-corrected chi connectivity index (χ1v) is 9.00. The molecule has 0 aromatic heterocycles. The molecule has 3 fully saturated rings. The maximum Gasteiger partial charge on any atom is 0.234 e. The number of piperidine rings is 1. The van der Waals surface area contributed by atoms with Crippen molar-refractivity contribution in [3.05, 3.63) is 0 Å². The van der Waals surface area contributed by atoms with Crippen molar-refractivity contribution in [2.75, 3.05) is 19.6 Å². The molecule has 2 saturated carbocycles. The van der Waals surface area contributed by atoms with Crippen LogP contribution in [0.4, 0.5) is 0 Å². The Bertz CT molecular complexity index is 395. The summed E-state index contributed by atoms with van der Waals surface area (Å²) < 4.78 is 0. The van der Waals surface area contributed by atoms with Gasteiger partial charge in [0.2, 0.25) is 11.8 Å². The first-order valence-electron chi connectivity index (χ1n) is 9.00. The molecule has 0 radical (unpaired) electrons. The van der Waals surface area contributed by atoms with E-state index in [2.05, 4.69) is 15.5 Å². The molecule has 2 N–H and O–H groups in total. The molecule has 0 spiro atoms. The van der Waals surface area contributed by atoms with Gasteiger partial charge in [0.1, 0.15) is 0 Å². The Morgan fingerprint density at radius 3 is 2.05 bits per heavy atom. The number of carbonyl (C=O) groups is 2. The highest BCUT2D eigenvalue weighted by Gasteiger charge is 2.26. The number of likely N-dealkylation sites (tertiary alicyclic amines) is 1. The summed E-state index contributed by atoms with van der Waals surface area (Å²) in [5, 5.41) is 6.23. The molecule has 22 heavy (non-hydrogen) atoms.